The minimum atomic E-state index is -0.264. The fraction of sp³-hybridized carbons (Fsp3) is 1.00. The van der Waals surface area contributed by atoms with Crippen LogP contribution in [0.3, 0.4) is 0 Å². The highest BCUT2D eigenvalue weighted by molar-refractivity contribution is 4.76. The van der Waals surface area contributed by atoms with Crippen LogP contribution in [0.1, 0.15) is 27.7 Å². The molecule has 1 saturated heterocycles. The van der Waals surface area contributed by atoms with Crippen molar-refractivity contribution in [1.82, 2.24) is 10.2 Å². The molecule has 0 saturated carbocycles. The van der Waals surface area contributed by atoms with Crippen LogP contribution < -0.4 is 5.32 Å². The van der Waals surface area contributed by atoms with Gasteiger partial charge in [0.1, 0.15) is 0 Å². The van der Waals surface area contributed by atoms with E-state index in [0.29, 0.717) is 18.5 Å². The molecule has 0 aromatic heterocycles. The van der Waals surface area contributed by atoms with Crippen molar-refractivity contribution in [3.05, 3.63) is 0 Å². The van der Waals surface area contributed by atoms with Gasteiger partial charge >= 0.3 is 0 Å². The zero-order valence-electron chi connectivity index (χ0n) is 11.6. The smallest absolute Gasteiger partial charge is 0.0826 e. The maximum Gasteiger partial charge on any atom is 0.0826 e. The number of aliphatic hydroxyl groups excluding tert-OH is 1. The lowest BCUT2D eigenvalue weighted by Gasteiger charge is -2.35. The van der Waals surface area contributed by atoms with E-state index in [9.17, 15) is 5.11 Å². The number of hydrogen-bond acceptors (Lipinski definition) is 4. The fourth-order valence-corrected chi connectivity index (χ4v) is 1.96. The molecule has 4 nitrogen and oxygen atoms in total. The number of ether oxygens (including phenoxy) is 1. The topological polar surface area (TPSA) is 44.7 Å². The number of morpholine rings is 1. The average Bonchev–Trinajstić information content (AvgIpc) is 2.29. The third-order valence-corrected chi connectivity index (χ3v) is 3.40. The van der Waals surface area contributed by atoms with E-state index < -0.39 is 0 Å². The van der Waals surface area contributed by atoms with E-state index in [0.717, 1.165) is 26.2 Å². The Bertz CT molecular complexity index is 210. The average molecular weight is 244 g/mol. The molecular weight excluding hydrogens is 216 g/mol. The highest BCUT2D eigenvalue weighted by atomic mass is 16.5. The van der Waals surface area contributed by atoms with Gasteiger partial charge in [-0.25, -0.2) is 0 Å². The summed E-state index contributed by atoms with van der Waals surface area (Å²) in [6, 6.07) is 0.586. The Morgan fingerprint density at radius 1 is 1.35 bits per heavy atom. The van der Waals surface area contributed by atoms with Crippen molar-refractivity contribution in [3.63, 3.8) is 0 Å². The second-order valence-electron chi connectivity index (χ2n) is 5.55. The molecule has 17 heavy (non-hydrogen) atoms. The molecule has 0 radical (unpaired) electrons. The van der Waals surface area contributed by atoms with E-state index in [4.69, 9.17) is 4.74 Å². The molecule has 0 aliphatic carbocycles. The minimum absolute atomic E-state index is 0.255. The predicted octanol–water partition coefficient (Wildman–Crippen LogP) is 0.702. The number of nitrogens with one attached hydrogen (secondary N) is 1. The first kappa shape index (κ1) is 14.9. The Labute approximate surface area is 105 Å². The van der Waals surface area contributed by atoms with E-state index in [1.165, 1.54) is 0 Å². The molecule has 102 valence electrons. The van der Waals surface area contributed by atoms with Crippen molar-refractivity contribution >= 4 is 0 Å². The van der Waals surface area contributed by atoms with Crippen LogP contribution in [0.25, 0.3) is 0 Å². The van der Waals surface area contributed by atoms with Crippen molar-refractivity contribution in [3.8, 4) is 0 Å². The summed E-state index contributed by atoms with van der Waals surface area (Å²) in [5.41, 5.74) is 0. The molecule has 2 atom stereocenters. The van der Waals surface area contributed by atoms with Gasteiger partial charge in [0.2, 0.25) is 0 Å². The Kier molecular flexibility index (Phi) is 6.41. The monoisotopic (exact) mass is 244 g/mol. The van der Waals surface area contributed by atoms with Gasteiger partial charge in [0.15, 0.2) is 0 Å². The van der Waals surface area contributed by atoms with Crippen LogP contribution in [0.4, 0.5) is 0 Å². The standard InChI is InChI=1S/C13H28N2O2/c1-10(2)13(16)8-14-7-12-9-15(11(3)4)5-6-17-12/h10-14,16H,5-9H2,1-4H3. The van der Waals surface area contributed by atoms with Crippen LogP contribution >= 0.6 is 0 Å². The summed E-state index contributed by atoms with van der Waals surface area (Å²) in [4.78, 5) is 2.44. The highest BCUT2D eigenvalue weighted by Crippen LogP contribution is 2.08. The maximum absolute atomic E-state index is 9.68. The summed E-state index contributed by atoms with van der Waals surface area (Å²) < 4.78 is 5.71. The maximum atomic E-state index is 9.68. The van der Waals surface area contributed by atoms with E-state index in [1.807, 2.05) is 13.8 Å². The van der Waals surface area contributed by atoms with Crippen molar-refractivity contribution < 1.29 is 9.84 Å². The van der Waals surface area contributed by atoms with Crippen molar-refractivity contribution in [2.45, 2.75) is 45.9 Å². The Hall–Kier alpha value is -0.160. The summed E-state index contributed by atoms with van der Waals surface area (Å²) in [5, 5.41) is 13.0. The van der Waals surface area contributed by atoms with Crippen LogP contribution in [-0.2, 0) is 4.74 Å². The van der Waals surface area contributed by atoms with Gasteiger partial charge in [-0.1, -0.05) is 13.8 Å². The molecular formula is C13H28N2O2. The van der Waals surface area contributed by atoms with Crippen LogP contribution in [0, 0.1) is 5.92 Å². The van der Waals surface area contributed by atoms with Gasteiger partial charge in [-0.05, 0) is 19.8 Å². The second-order valence-corrected chi connectivity index (χ2v) is 5.55. The number of hydrogen-bond donors (Lipinski definition) is 2. The Morgan fingerprint density at radius 2 is 2.06 bits per heavy atom. The number of aliphatic hydroxyl groups is 1. The summed E-state index contributed by atoms with van der Waals surface area (Å²) in [7, 11) is 0. The van der Waals surface area contributed by atoms with E-state index in [-0.39, 0.29) is 12.2 Å². The molecule has 1 aliphatic rings. The molecule has 4 heteroatoms. The van der Waals surface area contributed by atoms with E-state index >= 15 is 0 Å². The first-order valence-electron chi connectivity index (χ1n) is 6.75. The summed E-state index contributed by atoms with van der Waals surface area (Å²) in [6.45, 7) is 12.8. The van der Waals surface area contributed by atoms with E-state index in [1.54, 1.807) is 0 Å². The normalized spacial score (nSPS) is 24.5. The molecule has 1 rings (SSSR count). The van der Waals surface area contributed by atoms with Crippen molar-refractivity contribution in [2.24, 2.45) is 5.92 Å². The summed E-state index contributed by atoms with van der Waals surface area (Å²) >= 11 is 0. The quantitative estimate of drug-likeness (QED) is 0.722. The number of nitrogens with zero attached hydrogens (tertiary/aromatic N) is 1. The minimum Gasteiger partial charge on any atom is -0.392 e. The van der Waals surface area contributed by atoms with Gasteiger partial charge in [-0.3, -0.25) is 4.90 Å². The van der Waals surface area contributed by atoms with Crippen molar-refractivity contribution in [2.75, 3.05) is 32.8 Å². The van der Waals surface area contributed by atoms with Crippen LogP contribution in [0.2, 0.25) is 0 Å². The second kappa shape index (κ2) is 7.31. The highest BCUT2D eigenvalue weighted by Gasteiger charge is 2.22. The van der Waals surface area contributed by atoms with Gasteiger partial charge in [0.05, 0.1) is 18.8 Å². The van der Waals surface area contributed by atoms with Gasteiger partial charge in [-0.2, -0.15) is 0 Å². The molecule has 0 bridgehead atoms. The lowest BCUT2D eigenvalue weighted by Crippen LogP contribution is -2.49. The number of rotatable bonds is 6. The Balaban J connectivity index is 2.18. The van der Waals surface area contributed by atoms with Gasteiger partial charge in [0.25, 0.3) is 0 Å². The lowest BCUT2D eigenvalue weighted by molar-refractivity contribution is -0.0382. The zero-order valence-corrected chi connectivity index (χ0v) is 11.6. The van der Waals surface area contributed by atoms with Crippen LogP contribution in [0.15, 0.2) is 0 Å². The molecule has 2 N–H and O–H groups in total. The molecule has 0 spiro atoms. The first-order chi connectivity index (χ1) is 8.00. The summed E-state index contributed by atoms with van der Waals surface area (Å²) in [5.74, 6) is 0.307. The third kappa shape index (κ3) is 5.34. The lowest BCUT2D eigenvalue weighted by atomic mass is 10.1. The molecule has 1 fully saturated rings. The fourth-order valence-electron chi connectivity index (χ4n) is 1.96. The van der Waals surface area contributed by atoms with Gasteiger partial charge < -0.3 is 15.2 Å². The molecule has 0 aromatic rings. The molecule has 0 aromatic carbocycles. The first-order valence-corrected chi connectivity index (χ1v) is 6.75. The molecule has 1 heterocycles. The van der Waals surface area contributed by atoms with Gasteiger partial charge in [-0.15, -0.1) is 0 Å². The predicted molar refractivity (Wildman–Crippen MR) is 70.2 cm³/mol. The van der Waals surface area contributed by atoms with Crippen LogP contribution in [0.5, 0.6) is 0 Å². The largest absolute Gasteiger partial charge is 0.392 e. The molecule has 1 aliphatic heterocycles. The Morgan fingerprint density at radius 3 is 2.65 bits per heavy atom. The third-order valence-electron chi connectivity index (χ3n) is 3.40. The summed E-state index contributed by atoms with van der Waals surface area (Å²) in [6.07, 6.45) is -0.00898. The zero-order chi connectivity index (χ0) is 12.8. The van der Waals surface area contributed by atoms with Gasteiger partial charge in [0, 0.05) is 32.2 Å². The van der Waals surface area contributed by atoms with Crippen molar-refractivity contribution in [1.29, 1.82) is 0 Å². The molecule has 0 amide bonds. The van der Waals surface area contributed by atoms with E-state index in [2.05, 4.69) is 24.1 Å². The SMILES string of the molecule is CC(C)C(O)CNCC1CN(C(C)C)CCO1. The molecule has 2 unspecified atom stereocenters. The van der Waals surface area contributed by atoms with Crippen LogP contribution in [-0.4, -0.2) is 61.0 Å².